The van der Waals surface area contributed by atoms with Gasteiger partial charge in [-0.3, -0.25) is 14.5 Å². The molecule has 4 nitrogen and oxygen atoms in total. The van der Waals surface area contributed by atoms with E-state index in [9.17, 15) is 14.7 Å². The van der Waals surface area contributed by atoms with Gasteiger partial charge in [-0.1, -0.05) is 19.8 Å². The maximum absolute atomic E-state index is 12.5. The highest BCUT2D eigenvalue weighted by molar-refractivity contribution is 5.99. The Labute approximate surface area is 115 Å². The molecule has 1 saturated carbocycles. The highest BCUT2D eigenvalue weighted by Crippen LogP contribution is 2.48. The van der Waals surface area contributed by atoms with Crippen LogP contribution in [0.15, 0.2) is 0 Å². The maximum atomic E-state index is 12.5. The van der Waals surface area contributed by atoms with Crippen LogP contribution in [-0.2, 0) is 9.59 Å². The molecule has 1 unspecified atom stereocenters. The Hall–Kier alpha value is -0.900. The molecule has 0 bridgehead atoms. The third kappa shape index (κ3) is 2.55. The second kappa shape index (κ2) is 5.23. The van der Waals surface area contributed by atoms with Crippen LogP contribution in [0.3, 0.4) is 0 Å². The second-order valence-electron chi connectivity index (χ2n) is 6.51. The van der Waals surface area contributed by atoms with Crippen LogP contribution < -0.4 is 0 Å². The molecule has 1 saturated heterocycles. The fourth-order valence-corrected chi connectivity index (χ4v) is 3.77. The first-order valence-electron chi connectivity index (χ1n) is 7.43. The van der Waals surface area contributed by atoms with Crippen molar-refractivity contribution in [2.45, 2.75) is 70.8 Å². The molecular weight excluding hydrogens is 242 g/mol. The van der Waals surface area contributed by atoms with Crippen molar-refractivity contribution in [2.75, 3.05) is 6.61 Å². The number of amides is 2. The molecule has 0 radical (unpaired) electrons. The van der Waals surface area contributed by atoms with Crippen LogP contribution in [0.2, 0.25) is 0 Å². The number of likely N-dealkylation sites (tertiary alicyclic amines) is 1. The fraction of sp³-hybridized carbons (Fsp3) is 0.867. The smallest absolute Gasteiger partial charge is 0.230 e. The predicted octanol–water partition coefficient (Wildman–Crippen LogP) is 2.25. The third-order valence-electron chi connectivity index (χ3n) is 5.17. The molecule has 1 heterocycles. The summed E-state index contributed by atoms with van der Waals surface area (Å²) < 4.78 is 0. The van der Waals surface area contributed by atoms with Crippen molar-refractivity contribution in [3.8, 4) is 0 Å². The van der Waals surface area contributed by atoms with Crippen molar-refractivity contribution in [3.63, 3.8) is 0 Å². The minimum absolute atomic E-state index is 0.00649. The van der Waals surface area contributed by atoms with Gasteiger partial charge in [0, 0.05) is 25.0 Å². The number of nitrogens with zero attached hydrogens (tertiary/aromatic N) is 1. The number of carbonyl (C=O) groups is 2. The molecule has 0 aromatic heterocycles. The van der Waals surface area contributed by atoms with Crippen molar-refractivity contribution in [1.82, 2.24) is 4.90 Å². The second-order valence-corrected chi connectivity index (χ2v) is 6.51. The lowest BCUT2D eigenvalue weighted by atomic mass is 9.74. The number of aliphatic hydroxyl groups is 1. The number of rotatable bonds is 4. The fourth-order valence-electron chi connectivity index (χ4n) is 3.77. The van der Waals surface area contributed by atoms with Crippen LogP contribution >= 0.6 is 0 Å². The Bertz CT molecular complexity index is 354. The summed E-state index contributed by atoms with van der Waals surface area (Å²) in [5, 5.41) is 9.19. The summed E-state index contributed by atoms with van der Waals surface area (Å²) in [6, 6.07) is 0. The van der Waals surface area contributed by atoms with E-state index in [2.05, 4.69) is 0 Å². The zero-order chi connectivity index (χ0) is 14.1. The molecule has 2 fully saturated rings. The zero-order valence-electron chi connectivity index (χ0n) is 12.1. The molecule has 4 heteroatoms. The molecule has 2 rings (SSSR count). The summed E-state index contributed by atoms with van der Waals surface area (Å²) >= 11 is 0. The summed E-state index contributed by atoms with van der Waals surface area (Å²) in [7, 11) is 0. The third-order valence-corrected chi connectivity index (χ3v) is 5.17. The van der Waals surface area contributed by atoms with Crippen LogP contribution in [0.4, 0.5) is 0 Å². The van der Waals surface area contributed by atoms with E-state index < -0.39 is 5.54 Å². The predicted molar refractivity (Wildman–Crippen MR) is 72.4 cm³/mol. The van der Waals surface area contributed by atoms with Crippen molar-refractivity contribution in [2.24, 2.45) is 5.41 Å². The number of piperidine rings is 1. The lowest BCUT2D eigenvalue weighted by Crippen LogP contribution is -2.57. The first kappa shape index (κ1) is 14.5. The molecule has 0 aromatic carbocycles. The van der Waals surface area contributed by atoms with Gasteiger partial charge >= 0.3 is 0 Å². The van der Waals surface area contributed by atoms with Crippen LogP contribution in [0, 0.1) is 5.41 Å². The Morgan fingerprint density at radius 3 is 2.16 bits per heavy atom. The first-order chi connectivity index (χ1) is 8.96. The van der Waals surface area contributed by atoms with E-state index in [0.29, 0.717) is 25.7 Å². The summed E-state index contributed by atoms with van der Waals surface area (Å²) in [5.41, 5.74) is -0.568. The average Bonchev–Trinajstić information content (AvgIpc) is 2.76. The van der Waals surface area contributed by atoms with Gasteiger partial charge in [0.25, 0.3) is 0 Å². The normalized spacial score (nSPS) is 25.9. The van der Waals surface area contributed by atoms with E-state index in [1.165, 1.54) is 4.90 Å². The molecule has 108 valence electrons. The van der Waals surface area contributed by atoms with E-state index in [4.69, 9.17) is 0 Å². The van der Waals surface area contributed by atoms with Gasteiger partial charge in [0.1, 0.15) is 0 Å². The van der Waals surface area contributed by atoms with Gasteiger partial charge < -0.3 is 5.11 Å². The molecule has 1 aliphatic heterocycles. The number of aliphatic hydroxyl groups excluding tert-OH is 1. The van der Waals surface area contributed by atoms with Crippen molar-refractivity contribution in [1.29, 1.82) is 0 Å². The SMILES string of the molecule is CCC(C)(CCO)N1C(=O)CC2(CCCC2)CC1=O. The van der Waals surface area contributed by atoms with Crippen molar-refractivity contribution < 1.29 is 14.7 Å². The Morgan fingerprint density at radius 1 is 1.21 bits per heavy atom. The van der Waals surface area contributed by atoms with Crippen LogP contribution in [0.25, 0.3) is 0 Å². The van der Waals surface area contributed by atoms with Gasteiger partial charge in [-0.05, 0) is 38.0 Å². The van der Waals surface area contributed by atoms with Crippen LogP contribution in [0.1, 0.15) is 65.2 Å². The maximum Gasteiger partial charge on any atom is 0.230 e. The highest BCUT2D eigenvalue weighted by atomic mass is 16.3. The van der Waals surface area contributed by atoms with E-state index in [1.54, 1.807) is 0 Å². The summed E-state index contributed by atoms with van der Waals surface area (Å²) in [6.45, 7) is 3.88. The summed E-state index contributed by atoms with van der Waals surface area (Å²) in [6.07, 6.45) is 6.50. The van der Waals surface area contributed by atoms with Gasteiger partial charge in [-0.25, -0.2) is 0 Å². The van der Waals surface area contributed by atoms with Gasteiger partial charge in [-0.2, -0.15) is 0 Å². The number of carbonyl (C=O) groups excluding carboxylic acids is 2. The van der Waals surface area contributed by atoms with E-state index in [0.717, 1.165) is 25.7 Å². The van der Waals surface area contributed by atoms with Gasteiger partial charge in [0.2, 0.25) is 11.8 Å². The van der Waals surface area contributed by atoms with Crippen LogP contribution in [-0.4, -0.2) is 34.0 Å². The molecule has 1 atom stereocenters. The quantitative estimate of drug-likeness (QED) is 0.795. The van der Waals surface area contributed by atoms with Crippen molar-refractivity contribution in [3.05, 3.63) is 0 Å². The summed E-state index contributed by atoms with van der Waals surface area (Å²) in [5.74, 6) is -0.0631. The lowest BCUT2D eigenvalue weighted by molar-refractivity contribution is -0.161. The monoisotopic (exact) mass is 267 g/mol. The van der Waals surface area contributed by atoms with E-state index >= 15 is 0 Å². The number of imide groups is 1. The van der Waals surface area contributed by atoms with Gasteiger partial charge in [0.15, 0.2) is 0 Å². The lowest BCUT2D eigenvalue weighted by Gasteiger charge is -2.45. The largest absolute Gasteiger partial charge is 0.396 e. The average molecular weight is 267 g/mol. The topological polar surface area (TPSA) is 57.6 Å². The zero-order valence-corrected chi connectivity index (χ0v) is 12.1. The Balaban J connectivity index is 2.20. The van der Waals surface area contributed by atoms with Crippen LogP contribution in [0.5, 0.6) is 0 Å². The standard InChI is InChI=1S/C15H25NO3/c1-3-14(2,8-9-17)16-12(18)10-15(11-13(16)19)6-4-5-7-15/h17H,3-11H2,1-2H3. The highest BCUT2D eigenvalue weighted by Gasteiger charge is 2.49. The summed E-state index contributed by atoms with van der Waals surface area (Å²) in [4.78, 5) is 26.4. The molecule has 1 spiro atoms. The molecule has 1 aliphatic carbocycles. The molecule has 2 amide bonds. The Kier molecular flexibility index (Phi) is 4.00. The van der Waals surface area contributed by atoms with Gasteiger partial charge in [-0.15, -0.1) is 0 Å². The molecule has 1 N–H and O–H groups in total. The molecule has 0 aromatic rings. The molecule has 19 heavy (non-hydrogen) atoms. The number of hydrogen-bond acceptors (Lipinski definition) is 3. The molecule has 2 aliphatic rings. The Morgan fingerprint density at radius 2 is 1.74 bits per heavy atom. The minimum Gasteiger partial charge on any atom is -0.396 e. The molecular formula is C15H25NO3. The van der Waals surface area contributed by atoms with E-state index in [-0.39, 0.29) is 23.8 Å². The first-order valence-corrected chi connectivity index (χ1v) is 7.43. The number of hydrogen-bond donors (Lipinski definition) is 1. The van der Waals surface area contributed by atoms with Crippen molar-refractivity contribution >= 4 is 11.8 Å². The minimum atomic E-state index is -0.525. The van der Waals surface area contributed by atoms with Gasteiger partial charge in [0.05, 0.1) is 0 Å². The van der Waals surface area contributed by atoms with E-state index in [1.807, 2.05) is 13.8 Å².